The fraction of sp³-hybridized carbons (Fsp3) is 0.706. The molecule has 1 aromatic heterocycles. The van der Waals surface area contributed by atoms with Gasteiger partial charge >= 0.3 is 6.18 Å². The molecule has 2 rings (SSSR count). The largest absolute Gasteiger partial charge is 0.406 e. The molecule has 1 N–H and O–H groups in total. The molecule has 0 amide bonds. The van der Waals surface area contributed by atoms with E-state index in [1.807, 2.05) is 0 Å². The quantitative estimate of drug-likeness (QED) is 0.805. The molecule has 1 aliphatic rings. The predicted molar refractivity (Wildman–Crippen MR) is 85.2 cm³/mol. The van der Waals surface area contributed by atoms with Gasteiger partial charge in [-0.05, 0) is 45.7 Å². The maximum absolute atomic E-state index is 12.7. The van der Waals surface area contributed by atoms with Crippen molar-refractivity contribution in [1.82, 2.24) is 9.47 Å². The van der Waals surface area contributed by atoms with Crippen LogP contribution in [0.4, 0.5) is 13.2 Å². The topological polar surface area (TPSA) is 45.5 Å². The Morgan fingerprint density at radius 1 is 1.33 bits per heavy atom. The average molecular weight is 346 g/mol. The molecule has 1 aromatic rings. The third-order valence-corrected chi connectivity index (χ3v) is 4.77. The van der Waals surface area contributed by atoms with Gasteiger partial charge in [0.05, 0.1) is 6.54 Å². The van der Waals surface area contributed by atoms with Gasteiger partial charge in [0.2, 0.25) is 0 Å². The summed E-state index contributed by atoms with van der Waals surface area (Å²) >= 11 is 0. The summed E-state index contributed by atoms with van der Waals surface area (Å²) in [5, 5.41) is 9.16. The number of aliphatic hydroxyl groups excluding tert-OH is 1. The summed E-state index contributed by atoms with van der Waals surface area (Å²) in [5.74, 6) is -0.152. The Balaban J connectivity index is 2.13. The molecule has 2 heterocycles. The molecule has 7 heteroatoms. The van der Waals surface area contributed by atoms with Crippen LogP contribution < -0.4 is 0 Å². The van der Waals surface area contributed by atoms with Crippen LogP contribution in [0.1, 0.15) is 47.4 Å². The Kier molecular flexibility index (Phi) is 6.09. The summed E-state index contributed by atoms with van der Waals surface area (Å²) in [6.45, 7) is 3.14. The number of nitrogens with zero attached hydrogens (tertiary/aromatic N) is 2. The molecule has 0 aromatic carbocycles. The number of rotatable bonds is 6. The fourth-order valence-electron chi connectivity index (χ4n) is 3.52. The van der Waals surface area contributed by atoms with E-state index in [1.165, 1.54) is 0 Å². The van der Waals surface area contributed by atoms with Crippen molar-refractivity contribution in [3.8, 4) is 0 Å². The van der Waals surface area contributed by atoms with Gasteiger partial charge in [-0.1, -0.05) is 6.42 Å². The predicted octanol–water partition coefficient (Wildman–Crippen LogP) is 3.09. The van der Waals surface area contributed by atoms with Gasteiger partial charge in [0.15, 0.2) is 5.78 Å². The van der Waals surface area contributed by atoms with E-state index in [0.29, 0.717) is 23.4 Å². The number of carbonyl (C=O) groups is 1. The molecule has 0 radical (unpaired) electrons. The van der Waals surface area contributed by atoms with Crippen LogP contribution in [-0.2, 0) is 6.54 Å². The van der Waals surface area contributed by atoms with Crippen molar-refractivity contribution in [2.45, 2.75) is 58.3 Å². The van der Waals surface area contributed by atoms with Gasteiger partial charge in [-0.15, -0.1) is 0 Å². The van der Waals surface area contributed by atoms with Crippen LogP contribution in [0.5, 0.6) is 0 Å². The van der Waals surface area contributed by atoms with Gasteiger partial charge in [0.25, 0.3) is 0 Å². The smallest absolute Gasteiger partial charge is 0.396 e. The number of ketones is 1. The lowest BCUT2D eigenvalue weighted by Gasteiger charge is -2.34. The van der Waals surface area contributed by atoms with Crippen molar-refractivity contribution in [1.29, 1.82) is 0 Å². The SMILES string of the molecule is Cc1cc(C(=O)CN2CCCCC2CCO)c(C)n1CC(F)(F)F. The van der Waals surface area contributed by atoms with Crippen LogP contribution in [0.3, 0.4) is 0 Å². The number of carbonyl (C=O) groups excluding carboxylic acids is 1. The van der Waals surface area contributed by atoms with Crippen LogP contribution >= 0.6 is 0 Å². The van der Waals surface area contributed by atoms with Crippen LogP contribution in [0.25, 0.3) is 0 Å². The zero-order valence-electron chi connectivity index (χ0n) is 14.2. The number of piperidine rings is 1. The van der Waals surface area contributed by atoms with Gasteiger partial charge in [-0.25, -0.2) is 0 Å². The van der Waals surface area contributed by atoms with Crippen LogP contribution in [0.15, 0.2) is 6.07 Å². The van der Waals surface area contributed by atoms with Crippen molar-refractivity contribution < 1.29 is 23.1 Å². The summed E-state index contributed by atoms with van der Waals surface area (Å²) in [6.07, 6.45) is -0.660. The second kappa shape index (κ2) is 7.70. The van der Waals surface area contributed by atoms with Crippen molar-refractivity contribution in [3.05, 3.63) is 23.0 Å². The molecule has 1 saturated heterocycles. The standard InChI is InChI=1S/C17H25F3N2O2/c1-12-9-15(13(2)22(12)11-17(18,19)20)16(24)10-21-7-4-3-5-14(21)6-8-23/h9,14,23H,3-8,10-11H2,1-2H3. The fourth-order valence-corrected chi connectivity index (χ4v) is 3.52. The molecule has 1 atom stereocenters. The molecule has 0 bridgehead atoms. The minimum Gasteiger partial charge on any atom is -0.396 e. The Morgan fingerprint density at radius 3 is 2.67 bits per heavy atom. The molecule has 0 spiro atoms. The van der Waals surface area contributed by atoms with Crippen LogP contribution in [0, 0.1) is 13.8 Å². The van der Waals surface area contributed by atoms with Crippen LogP contribution in [0.2, 0.25) is 0 Å². The number of aromatic nitrogens is 1. The highest BCUT2D eigenvalue weighted by Gasteiger charge is 2.31. The van der Waals surface area contributed by atoms with E-state index >= 15 is 0 Å². The van der Waals surface area contributed by atoms with Gasteiger partial charge in [0, 0.05) is 29.6 Å². The van der Waals surface area contributed by atoms with E-state index < -0.39 is 12.7 Å². The number of hydrogen-bond acceptors (Lipinski definition) is 3. The van der Waals surface area contributed by atoms with Crippen molar-refractivity contribution in [3.63, 3.8) is 0 Å². The van der Waals surface area contributed by atoms with E-state index in [0.717, 1.165) is 30.4 Å². The third kappa shape index (κ3) is 4.60. The second-order valence-corrected chi connectivity index (χ2v) is 6.54. The maximum atomic E-state index is 12.7. The molecule has 0 aliphatic carbocycles. The number of alkyl halides is 3. The highest BCUT2D eigenvalue weighted by Crippen LogP contribution is 2.25. The first kappa shape index (κ1) is 19.0. The first-order valence-electron chi connectivity index (χ1n) is 8.34. The number of hydrogen-bond donors (Lipinski definition) is 1. The van der Waals surface area contributed by atoms with E-state index in [1.54, 1.807) is 19.9 Å². The van der Waals surface area contributed by atoms with E-state index in [9.17, 15) is 18.0 Å². The highest BCUT2D eigenvalue weighted by atomic mass is 19.4. The Morgan fingerprint density at radius 2 is 2.04 bits per heavy atom. The summed E-state index contributed by atoms with van der Waals surface area (Å²) in [4.78, 5) is 14.7. The minimum atomic E-state index is -4.31. The monoisotopic (exact) mass is 346 g/mol. The van der Waals surface area contributed by atoms with Crippen molar-refractivity contribution in [2.75, 3.05) is 19.7 Å². The lowest BCUT2D eigenvalue weighted by Crippen LogP contribution is -2.43. The number of halogens is 3. The average Bonchev–Trinajstić information content (AvgIpc) is 2.76. The molecule has 24 heavy (non-hydrogen) atoms. The summed E-state index contributed by atoms with van der Waals surface area (Å²) in [6, 6.07) is 1.72. The van der Waals surface area contributed by atoms with Crippen LogP contribution in [-0.4, -0.2) is 52.3 Å². The number of aliphatic hydroxyl groups is 1. The highest BCUT2D eigenvalue weighted by molar-refractivity contribution is 5.99. The molecule has 136 valence electrons. The Hall–Kier alpha value is -1.34. The second-order valence-electron chi connectivity index (χ2n) is 6.54. The molecular weight excluding hydrogens is 321 g/mol. The molecule has 1 fully saturated rings. The number of Topliss-reactive ketones (excluding diaryl/α,β-unsaturated/α-hetero) is 1. The van der Waals surface area contributed by atoms with Gasteiger partial charge in [0.1, 0.15) is 6.54 Å². The molecule has 1 aliphatic heterocycles. The van der Waals surface area contributed by atoms with Gasteiger partial charge in [-0.2, -0.15) is 13.2 Å². The summed E-state index contributed by atoms with van der Waals surface area (Å²) in [5.41, 5.74) is 1.18. The van der Waals surface area contributed by atoms with E-state index in [4.69, 9.17) is 5.11 Å². The Bertz CT molecular complexity index is 579. The number of aryl methyl sites for hydroxylation is 1. The molecule has 0 saturated carbocycles. The lowest BCUT2D eigenvalue weighted by atomic mass is 9.98. The summed E-state index contributed by atoms with van der Waals surface area (Å²) in [7, 11) is 0. The van der Waals surface area contributed by atoms with Gasteiger partial charge in [-0.3, -0.25) is 9.69 Å². The zero-order chi connectivity index (χ0) is 17.9. The van der Waals surface area contributed by atoms with Crippen molar-refractivity contribution >= 4 is 5.78 Å². The third-order valence-electron chi connectivity index (χ3n) is 4.77. The zero-order valence-corrected chi connectivity index (χ0v) is 14.2. The van der Waals surface area contributed by atoms with Crippen molar-refractivity contribution in [2.24, 2.45) is 0 Å². The van der Waals surface area contributed by atoms with E-state index in [-0.39, 0.29) is 25.0 Å². The lowest BCUT2D eigenvalue weighted by molar-refractivity contribution is -0.141. The summed E-state index contributed by atoms with van der Waals surface area (Å²) < 4.78 is 39.2. The minimum absolute atomic E-state index is 0.0788. The molecule has 4 nitrogen and oxygen atoms in total. The number of likely N-dealkylation sites (tertiary alicyclic amines) is 1. The molecular formula is C17H25F3N2O2. The first-order valence-corrected chi connectivity index (χ1v) is 8.34. The molecule has 1 unspecified atom stereocenters. The maximum Gasteiger partial charge on any atom is 0.406 e. The van der Waals surface area contributed by atoms with Gasteiger partial charge < -0.3 is 9.67 Å². The Labute approximate surface area is 140 Å². The normalized spacial score (nSPS) is 19.7. The first-order chi connectivity index (χ1) is 11.2. The van der Waals surface area contributed by atoms with E-state index in [2.05, 4.69) is 4.90 Å².